The first kappa shape index (κ1) is 24.3. The van der Waals surface area contributed by atoms with Gasteiger partial charge in [-0.2, -0.15) is 0 Å². The van der Waals surface area contributed by atoms with Gasteiger partial charge in [0.15, 0.2) is 0 Å². The van der Waals surface area contributed by atoms with E-state index in [-0.39, 0.29) is 11.9 Å². The lowest BCUT2D eigenvalue weighted by Gasteiger charge is -2.17. The summed E-state index contributed by atoms with van der Waals surface area (Å²) < 4.78 is 13.3. The zero-order chi connectivity index (χ0) is 24.6. The van der Waals surface area contributed by atoms with E-state index in [4.69, 9.17) is 14.5 Å². The van der Waals surface area contributed by atoms with Crippen LogP contribution in [0.4, 0.5) is 0 Å². The zero-order valence-corrected chi connectivity index (χ0v) is 20.7. The summed E-state index contributed by atoms with van der Waals surface area (Å²) >= 11 is 0. The molecule has 1 heterocycles. The Labute approximate surface area is 206 Å². The smallest absolute Gasteiger partial charge is 0.224 e. The number of aromatic nitrogens is 2. The van der Waals surface area contributed by atoms with Crippen molar-refractivity contribution in [3.8, 4) is 11.5 Å². The number of benzene rings is 3. The van der Waals surface area contributed by atoms with E-state index in [1.54, 1.807) is 7.11 Å². The zero-order valence-electron chi connectivity index (χ0n) is 20.7. The van der Waals surface area contributed by atoms with Crippen LogP contribution >= 0.6 is 0 Å². The Bertz CT molecular complexity index is 1250. The Hall–Kier alpha value is -3.80. The SMILES string of the molecule is COc1ccc(CC(=O)NC(C)c2nc3ccccc3n2CCCCOc2ccc(C)cc2)cc1. The first-order valence-corrected chi connectivity index (χ1v) is 12.1. The summed E-state index contributed by atoms with van der Waals surface area (Å²) in [7, 11) is 1.63. The molecule has 6 heteroatoms. The third-order valence-corrected chi connectivity index (χ3v) is 6.04. The summed E-state index contributed by atoms with van der Waals surface area (Å²) in [4.78, 5) is 17.6. The van der Waals surface area contributed by atoms with E-state index >= 15 is 0 Å². The maximum atomic E-state index is 12.7. The fourth-order valence-corrected chi connectivity index (χ4v) is 4.14. The normalized spacial score (nSPS) is 11.9. The number of amides is 1. The lowest BCUT2D eigenvalue weighted by Crippen LogP contribution is -2.30. The van der Waals surface area contributed by atoms with Gasteiger partial charge in [0, 0.05) is 6.54 Å². The van der Waals surface area contributed by atoms with Crippen LogP contribution in [0.25, 0.3) is 11.0 Å². The molecule has 0 saturated heterocycles. The van der Waals surface area contributed by atoms with Crippen molar-refractivity contribution in [2.24, 2.45) is 0 Å². The first-order valence-electron chi connectivity index (χ1n) is 12.1. The van der Waals surface area contributed by atoms with Gasteiger partial charge >= 0.3 is 0 Å². The molecule has 4 rings (SSSR count). The van der Waals surface area contributed by atoms with Crippen LogP contribution in [-0.4, -0.2) is 29.2 Å². The highest BCUT2D eigenvalue weighted by Crippen LogP contribution is 2.22. The number of imidazole rings is 1. The maximum Gasteiger partial charge on any atom is 0.224 e. The number of carbonyl (C=O) groups excluding carboxylic acids is 1. The molecule has 1 aromatic heterocycles. The van der Waals surface area contributed by atoms with Gasteiger partial charge in [0.2, 0.25) is 5.91 Å². The third-order valence-electron chi connectivity index (χ3n) is 6.04. The van der Waals surface area contributed by atoms with Crippen molar-refractivity contribution >= 4 is 16.9 Å². The second-order valence-corrected chi connectivity index (χ2v) is 8.79. The average Bonchev–Trinajstić information content (AvgIpc) is 3.24. The van der Waals surface area contributed by atoms with Gasteiger partial charge in [-0.05, 0) is 68.7 Å². The fourth-order valence-electron chi connectivity index (χ4n) is 4.14. The molecule has 1 unspecified atom stereocenters. The summed E-state index contributed by atoms with van der Waals surface area (Å²) in [6.45, 7) is 5.54. The molecule has 1 N–H and O–H groups in total. The number of carbonyl (C=O) groups is 1. The molecule has 1 amide bonds. The second kappa shape index (κ2) is 11.6. The number of aryl methyl sites for hydroxylation is 2. The van der Waals surface area contributed by atoms with Crippen LogP contribution in [0, 0.1) is 6.92 Å². The highest BCUT2D eigenvalue weighted by atomic mass is 16.5. The molecule has 0 aliphatic rings. The summed E-state index contributed by atoms with van der Waals surface area (Å²) in [5, 5.41) is 3.12. The van der Waals surface area contributed by atoms with Gasteiger partial charge in [-0.15, -0.1) is 0 Å². The number of hydrogen-bond donors (Lipinski definition) is 1. The molecule has 6 nitrogen and oxygen atoms in total. The number of unbranched alkanes of at least 4 members (excludes halogenated alkanes) is 1. The Kier molecular flexibility index (Phi) is 8.03. The van der Waals surface area contributed by atoms with Crippen LogP contribution in [0.5, 0.6) is 11.5 Å². The minimum atomic E-state index is -0.211. The van der Waals surface area contributed by atoms with E-state index in [0.717, 1.165) is 53.3 Å². The highest BCUT2D eigenvalue weighted by Gasteiger charge is 2.18. The largest absolute Gasteiger partial charge is 0.497 e. The second-order valence-electron chi connectivity index (χ2n) is 8.79. The van der Waals surface area contributed by atoms with Gasteiger partial charge in [0.25, 0.3) is 0 Å². The van der Waals surface area contributed by atoms with Crippen molar-refractivity contribution in [1.82, 2.24) is 14.9 Å². The lowest BCUT2D eigenvalue weighted by molar-refractivity contribution is -0.121. The molecule has 0 radical (unpaired) electrons. The van der Waals surface area contributed by atoms with Gasteiger partial charge in [-0.25, -0.2) is 4.98 Å². The number of nitrogens with one attached hydrogen (secondary N) is 1. The van der Waals surface area contributed by atoms with E-state index in [2.05, 4.69) is 35.0 Å². The van der Waals surface area contributed by atoms with Crippen molar-refractivity contribution in [3.05, 3.63) is 89.7 Å². The summed E-state index contributed by atoms with van der Waals surface area (Å²) in [6.07, 6.45) is 2.19. The van der Waals surface area contributed by atoms with Gasteiger partial charge < -0.3 is 19.4 Å². The Morgan fingerprint density at radius 3 is 2.43 bits per heavy atom. The number of methoxy groups -OCH3 is 1. The van der Waals surface area contributed by atoms with Crippen molar-refractivity contribution in [3.63, 3.8) is 0 Å². The summed E-state index contributed by atoms with van der Waals surface area (Å²) in [5.74, 6) is 2.51. The molecule has 1 atom stereocenters. The molecule has 182 valence electrons. The van der Waals surface area contributed by atoms with Gasteiger partial charge in [0.05, 0.1) is 37.2 Å². The molecule has 0 saturated carbocycles. The standard InChI is InChI=1S/C29H33N3O3/c1-21-10-14-25(15-11-21)35-19-7-6-18-32-27-9-5-4-8-26(27)31-29(32)22(2)30-28(33)20-23-12-16-24(34-3)17-13-23/h4-5,8-17,22H,6-7,18-20H2,1-3H3,(H,30,33). The molecule has 0 aliphatic carbocycles. The molecule has 35 heavy (non-hydrogen) atoms. The lowest BCUT2D eigenvalue weighted by atomic mass is 10.1. The maximum absolute atomic E-state index is 12.7. The van der Waals surface area contributed by atoms with Crippen LogP contribution in [0.2, 0.25) is 0 Å². The van der Waals surface area contributed by atoms with E-state index in [1.165, 1.54) is 5.56 Å². The number of para-hydroxylation sites is 2. The number of hydrogen-bond acceptors (Lipinski definition) is 4. The summed E-state index contributed by atoms with van der Waals surface area (Å²) in [5.41, 5.74) is 4.19. The molecular formula is C29H33N3O3. The molecule has 0 aliphatic heterocycles. The van der Waals surface area contributed by atoms with Crippen LogP contribution in [0.3, 0.4) is 0 Å². The van der Waals surface area contributed by atoms with Gasteiger partial charge in [-0.3, -0.25) is 4.79 Å². The summed E-state index contributed by atoms with van der Waals surface area (Å²) in [6, 6.07) is 23.6. The Balaban J connectivity index is 1.37. The van der Waals surface area contributed by atoms with Crippen molar-refractivity contribution < 1.29 is 14.3 Å². The van der Waals surface area contributed by atoms with Crippen LogP contribution < -0.4 is 14.8 Å². The van der Waals surface area contributed by atoms with Gasteiger partial charge in [0.1, 0.15) is 17.3 Å². The number of rotatable bonds is 11. The quantitative estimate of drug-likeness (QED) is 0.288. The molecule has 0 fully saturated rings. The minimum absolute atomic E-state index is 0.0345. The molecule has 0 bridgehead atoms. The number of ether oxygens (including phenoxy) is 2. The van der Waals surface area contributed by atoms with Crippen LogP contribution in [0.1, 0.15) is 42.8 Å². The topological polar surface area (TPSA) is 65.4 Å². The van der Waals surface area contributed by atoms with Crippen molar-refractivity contribution in [1.29, 1.82) is 0 Å². The third kappa shape index (κ3) is 6.41. The first-order chi connectivity index (χ1) is 17.0. The van der Waals surface area contributed by atoms with Crippen LogP contribution in [0.15, 0.2) is 72.8 Å². The van der Waals surface area contributed by atoms with Crippen molar-refractivity contribution in [2.75, 3.05) is 13.7 Å². The molecule has 0 spiro atoms. The van der Waals surface area contributed by atoms with E-state index in [9.17, 15) is 4.79 Å². The fraction of sp³-hybridized carbons (Fsp3) is 0.310. The highest BCUT2D eigenvalue weighted by molar-refractivity contribution is 5.79. The number of nitrogens with zero attached hydrogens (tertiary/aromatic N) is 2. The predicted octanol–water partition coefficient (Wildman–Crippen LogP) is 5.63. The van der Waals surface area contributed by atoms with E-state index in [0.29, 0.717) is 13.0 Å². The average molecular weight is 472 g/mol. The molecular weight excluding hydrogens is 438 g/mol. The Morgan fingerprint density at radius 2 is 1.69 bits per heavy atom. The van der Waals surface area contributed by atoms with Gasteiger partial charge in [-0.1, -0.05) is 42.0 Å². The number of fused-ring (bicyclic) bond motifs is 1. The van der Waals surface area contributed by atoms with E-state index in [1.807, 2.05) is 61.5 Å². The predicted molar refractivity (Wildman–Crippen MR) is 139 cm³/mol. The Morgan fingerprint density at radius 1 is 0.971 bits per heavy atom. The van der Waals surface area contributed by atoms with Crippen molar-refractivity contribution in [2.45, 2.75) is 45.7 Å². The van der Waals surface area contributed by atoms with E-state index < -0.39 is 0 Å². The molecule has 4 aromatic rings. The minimum Gasteiger partial charge on any atom is -0.497 e. The molecule has 3 aromatic carbocycles. The monoisotopic (exact) mass is 471 g/mol. The van der Waals surface area contributed by atoms with Crippen LogP contribution in [-0.2, 0) is 17.8 Å².